The molecular formula is C19H13IN2OS. The molecule has 1 atom stereocenters. The Kier molecular flexibility index (Phi) is 5.07. The lowest BCUT2D eigenvalue weighted by Crippen LogP contribution is -2.12. The van der Waals surface area contributed by atoms with Gasteiger partial charge >= 0.3 is 0 Å². The normalized spacial score (nSPS) is 11.7. The summed E-state index contributed by atoms with van der Waals surface area (Å²) in [6.45, 7) is 2.02. The van der Waals surface area contributed by atoms with Crippen molar-refractivity contribution in [3.63, 3.8) is 0 Å². The molecule has 0 aliphatic rings. The minimum Gasteiger partial charge on any atom is -0.292 e. The highest BCUT2D eigenvalue weighted by molar-refractivity contribution is 14.1. The largest absolute Gasteiger partial charge is 0.292 e. The number of hydrogen-bond acceptors (Lipinski definition) is 4. The van der Waals surface area contributed by atoms with E-state index in [0.717, 1.165) is 20.4 Å². The zero-order chi connectivity index (χ0) is 17.1. The summed E-state index contributed by atoms with van der Waals surface area (Å²) in [5.74, 6) is -1.07. The van der Waals surface area contributed by atoms with E-state index in [9.17, 15) is 10.1 Å². The van der Waals surface area contributed by atoms with Crippen LogP contribution in [0.5, 0.6) is 0 Å². The molecule has 0 saturated heterocycles. The monoisotopic (exact) mass is 444 g/mol. The topological polar surface area (TPSA) is 53.8 Å². The molecule has 1 aromatic heterocycles. The Bertz CT molecular complexity index is 942. The van der Waals surface area contributed by atoms with Crippen LogP contribution < -0.4 is 0 Å². The molecule has 1 heterocycles. The summed E-state index contributed by atoms with van der Waals surface area (Å²) >= 11 is 3.47. The summed E-state index contributed by atoms with van der Waals surface area (Å²) in [5, 5.41) is 12.0. The molecule has 5 heteroatoms. The van der Waals surface area contributed by atoms with Crippen LogP contribution in [0.15, 0.2) is 53.9 Å². The van der Waals surface area contributed by atoms with Gasteiger partial charge < -0.3 is 0 Å². The fourth-order valence-electron chi connectivity index (χ4n) is 2.45. The minimum absolute atomic E-state index is 0.201. The maximum Gasteiger partial charge on any atom is 0.188 e. The van der Waals surface area contributed by atoms with E-state index in [1.54, 1.807) is 6.07 Å². The van der Waals surface area contributed by atoms with Crippen molar-refractivity contribution in [2.45, 2.75) is 12.8 Å². The third-order valence-corrected chi connectivity index (χ3v) is 5.57. The summed E-state index contributed by atoms with van der Waals surface area (Å²) < 4.78 is 0.844. The first-order valence-electron chi connectivity index (χ1n) is 7.31. The number of aromatic nitrogens is 1. The van der Waals surface area contributed by atoms with Crippen molar-refractivity contribution in [2.75, 3.05) is 0 Å². The van der Waals surface area contributed by atoms with Gasteiger partial charge in [-0.2, -0.15) is 5.26 Å². The molecule has 0 fully saturated rings. The zero-order valence-electron chi connectivity index (χ0n) is 12.9. The number of aryl methyl sites for hydroxylation is 1. The Labute approximate surface area is 158 Å². The van der Waals surface area contributed by atoms with Crippen molar-refractivity contribution in [2.24, 2.45) is 0 Å². The van der Waals surface area contributed by atoms with Gasteiger partial charge in [0.15, 0.2) is 11.7 Å². The molecule has 0 saturated carbocycles. The summed E-state index contributed by atoms with van der Waals surface area (Å²) in [6, 6.07) is 17.4. The Morgan fingerprint density at radius 3 is 2.62 bits per heavy atom. The minimum atomic E-state index is -0.872. The average molecular weight is 444 g/mol. The zero-order valence-corrected chi connectivity index (χ0v) is 15.8. The van der Waals surface area contributed by atoms with Crippen molar-refractivity contribution in [3.05, 3.63) is 73.6 Å². The van der Waals surface area contributed by atoms with E-state index in [4.69, 9.17) is 0 Å². The maximum absolute atomic E-state index is 12.7. The Morgan fingerprint density at radius 1 is 1.21 bits per heavy atom. The molecule has 3 rings (SSSR count). The van der Waals surface area contributed by atoms with Crippen LogP contribution in [0.3, 0.4) is 0 Å². The number of benzene rings is 2. The van der Waals surface area contributed by atoms with Crippen LogP contribution in [0.25, 0.3) is 11.3 Å². The molecule has 1 unspecified atom stereocenters. The third kappa shape index (κ3) is 3.25. The number of hydrogen-bond donors (Lipinski definition) is 0. The van der Waals surface area contributed by atoms with Gasteiger partial charge in [-0.15, -0.1) is 11.3 Å². The summed E-state index contributed by atoms with van der Waals surface area (Å²) in [4.78, 5) is 17.3. The molecule has 118 valence electrons. The lowest BCUT2D eigenvalue weighted by atomic mass is 9.99. The fraction of sp³-hybridized carbons (Fsp3) is 0.105. The van der Waals surface area contributed by atoms with Crippen molar-refractivity contribution in [3.8, 4) is 17.3 Å². The van der Waals surface area contributed by atoms with E-state index < -0.39 is 5.92 Å². The quantitative estimate of drug-likeness (QED) is 0.410. The number of ketones is 1. The lowest BCUT2D eigenvalue weighted by molar-refractivity contribution is 0.0978. The first-order chi connectivity index (χ1) is 11.6. The second-order valence-corrected chi connectivity index (χ2v) is 7.34. The number of carbonyl (C=O) groups is 1. The SMILES string of the molecule is Cc1ccccc1-c1csc(C(C#N)C(=O)c2ccccc2I)n1. The molecule has 0 aliphatic carbocycles. The van der Waals surface area contributed by atoms with E-state index in [0.29, 0.717) is 10.6 Å². The number of carbonyl (C=O) groups excluding carboxylic acids is 1. The lowest BCUT2D eigenvalue weighted by Gasteiger charge is -2.07. The predicted octanol–water partition coefficient (Wildman–Crippen LogP) is 5.21. The molecule has 0 N–H and O–H groups in total. The van der Waals surface area contributed by atoms with Crippen LogP contribution in [0.2, 0.25) is 0 Å². The van der Waals surface area contributed by atoms with Gasteiger partial charge in [-0.1, -0.05) is 42.5 Å². The maximum atomic E-state index is 12.7. The van der Waals surface area contributed by atoms with Crippen LogP contribution in [-0.4, -0.2) is 10.8 Å². The number of nitriles is 1. The van der Waals surface area contributed by atoms with Gasteiger partial charge in [-0.3, -0.25) is 4.79 Å². The van der Waals surface area contributed by atoms with Gasteiger partial charge in [0, 0.05) is 20.1 Å². The Morgan fingerprint density at radius 2 is 1.92 bits per heavy atom. The molecular weight excluding hydrogens is 431 g/mol. The van der Waals surface area contributed by atoms with E-state index >= 15 is 0 Å². The van der Waals surface area contributed by atoms with E-state index in [-0.39, 0.29) is 5.78 Å². The molecule has 2 aromatic carbocycles. The molecule has 3 nitrogen and oxygen atoms in total. The van der Waals surface area contributed by atoms with Crippen LogP contribution in [0.1, 0.15) is 26.8 Å². The number of nitrogens with zero attached hydrogens (tertiary/aromatic N) is 2. The Balaban J connectivity index is 1.96. The van der Waals surface area contributed by atoms with Gasteiger partial charge in [-0.25, -0.2) is 4.98 Å². The van der Waals surface area contributed by atoms with Gasteiger partial charge in [0.25, 0.3) is 0 Å². The van der Waals surface area contributed by atoms with Crippen molar-refractivity contribution in [1.29, 1.82) is 5.26 Å². The molecule has 0 aliphatic heterocycles. The van der Waals surface area contributed by atoms with Crippen molar-refractivity contribution >= 4 is 39.7 Å². The summed E-state index contributed by atoms with van der Waals surface area (Å²) in [7, 11) is 0. The molecule has 0 radical (unpaired) electrons. The number of halogens is 1. The van der Waals surface area contributed by atoms with Gasteiger partial charge in [-0.05, 0) is 41.1 Å². The second-order valence-electron chi connectivity index (χ2n) is 5.29. The number of rotatable bonds is 4. The second kappa shape index (κ2) is 7.24. The number of thiazole rings is 1. The Hall–Kier alpha value is -2.04. The van der Waals surface area contributed by atoms with Crippen LogP contribution >= 0.6 is 33.9 Å². The predicted molar refractivity (Wildman–Crippen MR) is 104 cm³/mol. The first-order valence-corrected chi connectivity index (χ1v) is 9.27. The van der Waals surface area contributed by atoms with Gasteiger partial charge in [0.2, 0.25) is 0 Å². The van der Waals surface area contributed by atoms with Crippen LogP contribution in [-0.2, 0) is 0 Å². The van der Waals surface area contributed by atoms with Crippen LogP contribution in [0, 0.1) is 21.8 Å². The highest BCUT2D eigenvalue weighted by Gasteiger charge is 2.26. The molecule has 0 amide bonds. The average Bonchev–Trinajstić information content (AvgIpc) is 3.05. The van der Waals surface area contributed by atoms with E-state index in [2.05, 4.69) is 33.6 Å². The van der Waals surface area contributed by atoms with Crippen molar-refractivity contribution < 1.29 is 4.79 Å². The highest BCUT2D eigenvalue weighted by Crippen LogP contribution is 2.30. The summed E-state index contributed by atoms with van der Waals surface area (Å²) in [6.07, 6.45) is 0. The highest BCUT2D eigenvalue weighted by atomic mass is 127. The van der Waals surface area contributed by atoms with E-state index in [1.807, 2.05) is 54.8 Å². The third-order valence-electron chi connectivity index (χ3n) is 3.72. The fourth-order valence-corrected chi connectivity index (χ4v) is 3.96. The van der Waals surface area contributed by atoms with Crippen molar-refractivity contribution in [1.82, 2.24) is 4.98 Å². The first kappa shape index (κ1) is 16.8. The van der Waals surface area contributed by atoms with Gasteiger partial charge in [0.1, 0.15) is 5.01 Å². The van der Waals surface area contributed by atoms with E-state index in [1.165, 1.54) is 11.3 Å². The molecule has 3 aromatic rings. The standard InChI is InChI=1S/C19H13IN2OS/c1-12-6-2-3-7-13(12)17-11-24-19(22-17)15(10-21)18(23)14-8-4-5-9-16(14)20/h2-9,11,15H,1H3. The smallest absolute Gasteiger partial charge is 0.188 e. The summed E-state index contributed by atoms with van der Waals surface area (Å²) in [5.41, 5.74) is 3.52. The number of Topliss-reactive ketones (excluding diaryl/α,β-unsaturated/α-hetero) is 1. The molecule has 24 heavy (non-hydrogen) atoms. The molecule has 0 spiro atoms. The van der Waals surface area contributed by atoms with Crippen LogP contribution in [0.4, 0.5) is 0 Å². The molecule has 0 bridgehead atoms. The van der Waals surface area contributed by atoms with Gasteiger partial charge in [0.05, 0.1) is 11.8 Å².